The molecular weight excluding hydrogens is 695 g/mol. The Morgan fingerprint density at radius 3 is 1.13 bits per heavy atom. The van der Waals surface area contributed by atoms with Crippen molar-refractivity contribution in [2.75, 3.05) is 26.4 Å². The molecule has 2 N–H and O–H groups in total. The Labute approximate surface area is 324 Å². The van der Waals surface area contributed by atoms with Crippen LogP contribution in [-0.2, 0) is 37.5 Å². The second kappa shape index (κ2) is 38.8. The van der Waals surface area contributed by atoms with Crippen LogP contribution >= 0.6 is 7.82 Å². The number of esters is 2. The van der Waals surface area contributed by atoms with Gasteiger partial charge in [-0.15, -0.1) is 0 Å². The molecule has 314 valence electrons. The summed E-state index contributed by atoms with van der Waals surface area (Å²) in [6.07, 6.45) is 33.2. The predicted molar refractivity (Wildman–Crippen MR) is 214 cm³/mol. The van der Waals surface area contributed by atoms with Crippen molar-refractivity contribution < 1.29 is 47.5 Å². The van der Waals surface area contributed by atoms with Crippen LogP contribution in [-0.4, -0.2) is 54.3 Å². The lowest BCUT2D eigenvalue weighted by molar-refractivity contribution is -0.150. The molecule has 0 heterocycles. The normalized spacial score (nSPS) is 13.1. The van der Waals surface area contributed by atoms with Gasteiger partial charge < -0.3 is 19.5 Å². The van der Waals surface area contributed by atoms with E-state index in [0.29, 0.717) is 25.7 Å². The van der Waals surface area contributed by atoms with Crippen molar-refractivity contribution in [2.24, 2.45) is 5.92 Å². The van der Waals surface area contributed by atoms with Gasteiger partial charge in [-0.05, 0) is 25.7 Å². The molecule has 10 nitrogen and oxygen atoms in total. The predicted octanol–water partition coefficient (Wildman–Crippen LogP) is 12.4. The number of carboxylic acids is 1. The molecule has 0 rings (SSSR count). The molecule has 0 saturated heterocycles. The fraction of sp³-hybridized carbons (Fsp3) is 0.929. The van der Waals surface area contributed by atoms with Crippen LogP contribution in [0.25, 0.3) is 0 Å². The van der Waals surface area contributed by atoms with E-state index in [2.05, 4.69) is 13.8 Å². The van der Waals surface area contributed by atoms with Gasteiger partial charge in [-0.25, -0.2) is 4.57 Å². The molecule has 53 heavy (non-hydrogen) atoms. The van der Waals surface area contributed by atoms with Crippen LogP contribution in [0.1, 0.15) is 219 Å². The number of aliphatic carboxylic acids is 1. The first-order valence-corrected chi connectivity index (χ1v) is 23.3. The van der Waals surface area contributed by atoms with E-state index in [-0.39, 0.29) is 44.8 Å². The average molecular weight is 777 g/mol. The van der Waals surface area contributed by atoms with E-state index in [9.17, 15) is 23.8 Å². The molecule has 0 aliphatic carbocycles. The molecule has 0 aromatic carbocycles. The maximum absolute atomic E-state index is 12.5. The molecular formula is C42H81O10P. The van der Waals surface area contributed by atoms with Crippen LogP contribution in [0.3, 0.4) is 0 Å². The number of unbranched alkanes of at least 4 members (excludes halogenated alkanes) is 26. The fourth-order valence-corrected chi connectivity index (χ4v) is 7.09. The molecule has 0 saturated carbocycles. The number of carboxylic acid groups (broad SMARTS) is 1. The number of carbonyl (C=O) groups is 3. The summed E-state index contributed by atoms with van der Waals surface area (Å²) in [6, 6.07) is 0. The van der Waals surface area contributed by atoms with Crippen molar-refractivity contribution in [1.82, 2.24) is 0 Å². The summed E-state index contributed by atoms with van der Waals surface area (Å²) >= 11 is 0. The van der Waals surface area contributed by atoms with Crippen molar-refractivity contribution in [3.63, 3.8) is 0 Å². The van der Waals surface area contributed by atoms with Crippen LogP contribution < -0.4 is 0 Å². The topological polar surface area (TPSA) is 146 Å². The van der Waals surface area contributed by atoms with Gasteiger partial charge in [0.05, 0.1) is 32.3 Å². The van der Waals surface area contributed by atoms with Gasteiger partial charge >= 0.3 is 25.7 Å². The number of hydrogen-bond acceptors (Lipinski definition) is 8. The highest BCUT2D eigenvalue weighted by Crippen LogP contribution is 2.43. The van der Waals surface area contributed by atoms with E-state index in [1.165, 1.54) is 116 Å². The Balaban J connectivity index is 4.43. The zero-order chi connectivity index (χ0) is 39.1. The number of hydrogen-bond donors (Lipinski definition) is 2. The first kappa shape index (κ1) is 51.5. The minimum absolute atomic E-state index is 0.0272. The molecule has 0 aliphatic rings. The standard InChI is InChI=1S/C42H81O10P/c1-3-5-7-9-11-13-15-16-18-20-22-26-30-34-42(46)50-37-39(38-52-53(47,48)51-35-31-27-23-24-28-32-40(43)44)36-49-41(45)33-29-25-21-19-17-14-12-10-8-6-4-2/h39H,3-38H2,1-2H3,(H,43,44)(H,47,48). The van der Waals surface area contributed by atoms with E-state index >= 15 is 0 Å². The second-order valence-corrected chi connectivity index (χ2v) is 16.5. The monoisotopic (exact) mass is 777 g/mol. The Morgan fingerprint density at radius 2 is 0.774 bits per heavy atom. The molecule has 11 heteroatoms. The quantitative estimate of drug-likeness (QED) is 0.0349. The van der Waals surface area contributed by atoms with E-state index in [1.807, 2.05) is 0 Å². The SMILES string of the molecule is CCCCCCCCCCCCCCCC(=O)OCC(COC(=O)CCCCCCCCCCCCC)COP(=O)(O)OCCCCCCCC(=O)O. The van der Waals surface area contributed by atoms with Gasteiger partial charge in [0.1, 0.15) is 0 Å². The molecule has 2 atom stereocenters. The third kappa shape index (κ3) is 40.0. The van der Waals surface area contributed by atoms with Gasteiger partial charge in [-0.2, -0.15) is 0 Å². The Morgan fingerprint density at radius 1 is 0.453 bits per heavy atom. The largest absolute Gasteiger partial charge is 0.481 e. The fourth-order valence-electron chi connectivity index (χ4n) is 6.26. The highest BCUT2D eigenvalue weighted by Gasteiger charge is 2.25. The molecule has 0 fully saturated rings. The lowest BCUT2D eigenvalue weighted by Crippen LogP contribution is -2.25. The highest BCUT2D eigenvalue weighted by atomic mass is 31.2. The van der Waals surface area contributed by atoms with E-state index in [1.54, 1.807) is 0 Å². The van der Waals surface area contributed by atoms with E-state index in [0.717, 1.165) is 57.8 Å². The van der Waals surface area contributed by atoms with Gasteiger partial charge in [0.15, 0.2) is 0 Å². The molecule has 2 unspecified atom stereocenters. The van der Waals surface area contributed by atoms with E-state index < -0.39 is 19.7 Å². The summed E-state index contributed by atoms with van der Waals surface area (Å²) in [6.45, 7) is 4.07. The minimum Gasteiger partial charge on any atom is -0.481 e. The van der Waals surface area contributed by atoms with Gasteiger partial charge in [0.25, 0.3) is 0 Å². The molecule has 0 aromatic heterocycles. The molecule has 0 radical (unpaired) electrons. The summed E-state index contributed by atoms with van der Waals surface area (Å²) in [5, 5.41) is 8.72. The molecule has 0 aliphatic heterocycles. The van der Waals surface area contributed by atoms with Crippen LogP contribution in [0.5, 0.6) is 0 Å². The summed E-state index contributed by atoms with van der Waals surface area (Å²) in [4.78, 5) is 45.8. The van der Waals surface area contributed by atoms with Gasteiger partial charge in [-0.3, -0.25) is 23.4 Å². The van der Waals surface area contributed by atoms with Gasteiger partial charge in [0.2, 0.25) is 0 Å². The summed E-state index contributed by atoms with van der Waals surface area (Å²) < 4.78 is 33.8. The van der Waals surface area contributed by atoms with E-state index in [4.69, 9.17) is 23.6 Å². The number of carbonyl (C=O) groups excluding carboxylic acids is 2. The Kier molecular flexibility index (Phi) is 37.7. The summed E-state index contributed by atoms with van der Waals surface area (Å²) in [5.41, 5.74) is 0. The van der Waals surface area contributed by atoms with Crippen LogP contribution in [0.4, 0.5) is 0 Å². The summed E-state index contributed by atoms with van der Waals surface area (Å²) in [7, 11) is -4.36. The minimum atomic E-state index is -4.36. The smallest absolute Gasteiger partial charge is 0.472 e. The van der Waals surface area contributed by atoms with Crippen LogP contribution in [0.15, 0.2) is 0 Å². The van der Waals surface area contributed by atoms with Crippen LogP contribution in [0, 0.1) is 5.92 Å². The molecule has 0 aromatic rings. The molecule has 0 bridgehead atoms. The number of ether oxygens (including phenoxy) is 2. The highest BCUT2D eigenvalue weighted by molar-refractivity contribution is 7.47. The second-order valence-electron chi connectivity index (χ2n) is 15.0. The Hall–Kier alpha value is -1.48. The molecule has 0 amide bonds. The third-order valence-corrected chi connectivity index (χ3v) is 10.7. The number of phosphoric acid groups is 1. The van der Waals surface area contributed by atoms with Crippen molar-refractivity contribution in [3.8, 4) is 0 Å². The maximum Gasteiger partial charge on any atom is 0.472 e. The first-order chi connectivity index (χ1) is 25.7. The van der Waals surface area contributed by atoms with Crippen molar-refractivity contribution in [1.29, 1.82) is 0 Å². The summed E-state index contributed by atoms with van der Waals surface area (Å²) in [5.74, 6) is -2.09. The molecule has 0 spiro atoms. The van der Waals surface area contributed by atoms with Crippen molar-refractivity contribution in [3.05, 3.63) is 0 Å². The van der Waals surface area contributed by atoms with Crippen LogP contribution in [0.2, 0.25) is 0 Å². The third-order valence-electron chi connectivity index (χ3n) is 9.69. The zero-order valence-corrected chi connectivity index (χ0v) is 35.0. The van der Waals surface area contributed by atoms with Crippen molar-refractivity contribution >= 4 is 25.7 Å². The Bertz CT molecular complexity index is 899. The lowest BCUT2D eigenvalue weighted by atomic mass is 10.0. The number of phosphoric ester groups is 1. The van der Waals surface area contributed by atoms with Gasteiger partial charge in [0, 0.05) is 19.3 Å². The van der Waals surface area contributed by atoms with Gasteiger partial charge in [-0.1, -0.05) is 174 Å². The maximum atomic E-state index is 12.5. The van der Waals surface area contributed by atoms with Crippen molar-refractivity contribution in [2.45, 2.75) is 219 Å². The number of rotatable bonds is 42. The average Bonchev–Trinajstić information content (AvgIpc) is 3.13. The first-order valence-electron chi connectivity index (χ1n) is 21.8. The zero-order valence-electron chi connectivity index (χ0n) is 34.1. The lowest BCUT2D eigenvalue weighted by Gasteiger charge is -2.19.